The molecule has 0 amide bonds. The number of fused-ring (bicyclic) bond motifs is 7. The molecule has 0 saturated heterocycles. The van der Waals surface area contributed by atoms with Crippen LogP contribution in [0.2, 0.25) is 0 Å². The zero-order chi connectivity index (χ0) is 32.4. The van der Waals surface area contributed by atoms with Gasteiger partial charge in [0.15, 0.2) is 5.58 Å². The molecule has 0 bridgehead atoms. The lowest BCUT2D eigenvalue weighted by atomic mass is 9.87. The molecular weight excluding hydrogens is 571 g/mol. The van der Waals surface area contributed by atoms with E-state index in [0.717, 1.165) is 33.6 Å². The molecule has 47 heavy (non-hydrogen) atoms. The second-order valence-electron chi connectivity index (χ2n) is 14.0. The Kier molecular flexibility index (Phi) is 6.74. The predicted octanol–water partition coefficient (Wildman–Crippen LogP) is 13.3. The predicted molar refractivity (Wildman–Crippen MR) is 202 cm³/mol. The number of benzene rings is 7. The first-order valence-corrected chi connectivity index (χ1v) is 16.5. The summed E-state index contributed by atoms with van der Waals surface area (Å²) in [6.45, 7) is 13.4. The molecule has 0 atom stereocenters. The summed E-state index contributed by atoms with van der Waals surface area (Å²) in [5.41, 5.74) is 11.6. The van der Waals surface area contributed by atoms with Crippen LogP contribution in [-0.2, 0) is 5.41 Å². The Morgan fingerprint density at radius 3 is 1.66 bits per heavy atom. The molecule has 7 aromatic carbocycles. The van der Waals surface area contributed by atoms with Crippen molar-refractivity contribution in [2.45, 2.75) is 47.0 Å². The Labute approximate surface area is 276 Å². The standard InChI is InChI=1S/C45H39NO/c1-28-18-21-33(46(32-22-19-31(20-23-32)45(4,5)6)43-17-11-16-34-30(3)27-47-44(34)43)25-39(28)40-26-42-38-15-10-8-13-36(38)35-12-7-9-14-37(35)41(42)24-29(40)2/h7-27H,1-6H3. The smallest absolute Gasteiger partial charge is 0.158 e. The third-order valence-electron chi connectivity index (χ3n) is 9.86. The van der Waals surface area contributed by atoms with Crippen LogP contribution in [0.25, 0.3) is 54.4 Å². The van der Waals surface area contributed by atoms with Crippen LogP contribution in [0.1, 0.15) is 43.0 Å². The van der Waals surface area contributed by atoms with E-state index >= 15 is 0 Å². The molecule has 0 aliphatic carbocycles. The van der Waals surface area contributed by atoms with Gasteiger partial charge in [0, 0.05) is 16.8 Å². The molecule has 8 aromatic rings. The Balaban J connectivity index is 1.36. The van der Waals surface area contributed by atoms with Crippen molar-refractivity contribution in [2.24, 2.45) is 0 Å². The van der Waals surface area contributed by atoms with Gasteiger partial charge in [-0.25, -0.2) is 0 Å². The second-order valence-corrected chi connectivity index (χ2v) is 14.0. The number of para-hydroxylation sites is 1. The van der Waals surface area contributed by atoms with E-state index < -0.39 is 0 Å². The summed E-state index contributed by atoms with van der Waals surface area (Å²) >= 11 is 0. The molecule has 230 valence electrons. The molecule has 0 radical (unpaired) electrons. The Morgan fingerprint density at radius 2 is 1.02 bits per heavy atom. The third kappa shape index (κ3) is 4.79. The molecule has 0 aliphatic rings. The lowest BCUT2D eigenvalue weighted by Crippen LogP contribution is -2.13. The van der Waals surface area contributed by atoms with Crippen molar-refractivity contribution in [1.82, 2.24) is 0 Å². The monoisotopic (exact) mass is 609 g/mol. The van der Waals surface area contributed by atoms with E-state index in [0.29, 0.717) is 0 Å². The molecule has 1 aromatic heterocycles. The highest BCUT2D eigenvalue weighted by Gasteiger charge is 2.21. The van der Waals surface area contributed by atoms with Crippen molar-refractivity contribution in [2.75, 3.05) is 4.90 Å². The van der Waals surface area contributed by atoms with Gasteiger partial charge in [0.25, 0.3) is 0 Å². The van der Waals surface area contributed by atoms with E-state index in [4.69, 9.17) is 4.42 Å². The molecule has 0 saturated carbocycles. The third-order valence-corrected chi connectivity index (χ3v) is 9.86. The zero-order valence-electron chi connectivity index (χ0n) is 28.0. The first-order valence-electron chi connectivity index (χ1n) is 16.5. The van der Waals surface area contributed by atoms with Gasteiger partial charge in [0.1, 0.15) is 0 Å². The lowest BCUT2D eigenvalue weighted by Gasteiger charge is -2.28. The van der Waals surface area contributed by atoms with Crippen molar-refractivity contribution < 1.29 is 4.42 Å². The molecule has 0 aliphatic heterocycles. The van der Waals surface area contributed by atoms with Crippen LogP contribution in [-0.4, -0.2) is 0 Å². The first-order chi connectivity index (χ1) is 22.7. The average molecular weight is 610 g/mol. The summed E-state index contributed by atoms with van der Waals surface area (Å²) in [7, 11) is 0. The summed E-state index contributed by atoms with van der Waals surface area (Å²) in [5, 5.41) is 8.91. The molecule has 0 N–H and O–H groups in total. The fourth-order valence-corrected chi connectivity index (χ4v) is 7.27. The molecule has 2 heteroatoms. The van der Waals surface area contributed by atoms with Crippen molar-refractivity contribution in [3.05, 3.63) is 150 Å². The highest BCUT2D eigenvalue weighted by atomic mass is 16.3. The number of hydrogen-bond donors (Lipinski definition) is 0. The van der Waals surface area contributed by atoms with Gasteiger partial charge in [0.2, 0.25) is 0 Å². The molecule has 1 heterocycles. The minimum Gasteiger partial charge on any atom is -0.462 e. The van der Waals surface area contributed by atoms with Gasteiger partial charge in [-0.05, 0) is 128 Å². The van der Waals surface area contributed by atoms with Crippen LogP contribution in [0, 0.1) is 20.8 Å². The molecular formula is C45H39NO. The van der Waals surface area contributed by atoms with E-state index in [-0.39, 0.29) is 5.41 Å². The average Bonchev–Trinajstić information content (AvgIpc) is 3.46. The number of anilines is 3. The van der Waals surface area contributed by atoms with Gasteiger partial charge in [0.05, 0.1) is 12.0 Å². The molecule has 0 spiro atoms. The number of hydrogen-bond acceptors (Lipinski definition) is 2. The SMILES string of the molecule is Cc1ccc(N(c2ccc(C(C)(C)C)cc2)c2cccc3c(C)coc23)cc1-c1cc2c3ccccc3c3ccccc3c2cc1C. The maximum absolute atomic E-state index is 6.22. The van der Waals surface area contributed by atoms with Crippen molar-refractivity contribution >= 4 is 60.3 Å². The second kappa shape index (κ2) is 10.9. The highest BCUT2D eigenvalue weighted by Crippen LogP contribution is 2.44. The van der Waals surface area contributed by atoms with Crippen molar-refractivity contribution in [3.8, 4) is 11.1 Å². The van der Waals surface area contributed by atoms with Gasteiger partial charge in [-0.1, -0.05) is 106 Å². The quantitative estimate of drug-likeness (QED) is 0.185. The highest BCUT2D eigenvalue weighted by molar-refractivity contribution is 6.26. The lowest BCUT2D eigenvalue weighted by molar-refractivity contribution is 0.590. The number of furan rings is 1. The maximum Gasteiger partial charge on any atom is 0.158 e. The van der Waals surface area contributed by atoms with Gasteiger partial charge in [-0.3, -0.25) is 0 Å². The summed E-state index contributed by atoms with van der Waals surface area (Å²) in [5.74, 6) is 0. The van der Waals surface area contributed by atoms with Crippen molar-refractivity contribution in [1.29, 1.82) is 0 Å². The van der Waals surface area contributed by atoms with E-state index in [9.17, 15) is 0 Å². The summed E-state index contributed by atoms with van der Waals surface area (Å²) < 4.78 is 6.22. The summed E-state index contributed by atoms with van der Waals surface area (Å²) in [4.78, 5) is 2.35. The van der Waals surface area contributed by atoms with Gasteiger partial charge >= 0.3 is 0 Å². The summed E-state index contributed by atoms with van der Waals surface area (Å²) in [6.07, 6.45) is 1.86. The Hall–Kier alpha value is -5.34. The normalized spacial score (nSPS) is 12.0. The zero-order valence-corrected chi connectivity index (χ0v) is 28.0. The topological polar surface area (TPSA) is 16.4 Å². The number of aryl methyl sites for hydroxylation is 3. The first kappa shape index (κ1) is 29.1. The van der Waals surface area contributed by atoms with E-state index in [1.807, 2.05) is 6.26 Å². The Morgan fingerprint density at radius 1 is 0.468 bits per heavy atom. The van der Waals surface area contributed by atoms with Crippen LogP contribution in [0.4, 0.5) is 17.1 Å². The van der Waals surface area contributed by atoms with Crippen LogP contribution in [0.3, 0.4) is 0 Å². The minimum absolute atomic E-state index is 0.0711. The van der Waals surface area contributed by atoms with E-state index in [1.54, 1.807) is 0 Å². The minimum atomic E-state index is 0.0711. The molecule has 2 nitrogen and oxygen atoms in total. The summed E-state index contributed by atoms with van der Waals surface area (Å²) in [6, 6.07) is 44.7. The number of nitrogens with zero attached hydrogens (tertiary/aromatic N) is 1. The molecule has 0 fully saturated rings. The van der Waals surface area contributed by atoms with E-state index in [1.165, 1.54) is 60.1 Å². The van der Waals surface area contributed by atoms with Crippen LogP contribution < -0.4 is 4.90 Å². The van der Waals surface area contributed by atoms with Crippen LogP contribution in [0.5, 0.6) is 0 Å². The fraction of sp³-hybridized carbons (Fsp3) is 0.156. The fourth-order valence-electron chi connectivity index (χ4n) is 7.27. The van der Waals surface area contributed by atoms with Crippen molar-refractivity contribution in [3.63, 3.8) is 0 Å². The largest absolute Gasteiger partial charge is 0.462 e. The number of rotatable bonds is 4. The van der Waals surface area contributed by atoms with Gasteiger partial charge in [-0.15, -0.1) is 0 Å². The van der Waals surface area contributed by atoms with Crippen LogP contribution >= 0.6 is 0 Å². The molecule has 0 unspecified atom stereocenters. The van der Waals surface area contributed by atoms with Crippen LogP contribution in [0.15, 0.2) is 132 Å². The Bertz CT molecular complexity index is 2470. The van der Waals surface area contributed by atoms with E-state index in [2.05, 4.69) is 168 Å². The maximum atomic E-state index is 6.22. The van der Waals surface area contributed by atoms with Gasteiger partial charge in [-0.2, -0.15) is 0 Å². The molecule has 8 rings (SSSR count). The van der Waals surface area contributed by atoms with Gasteiger partial charge < -0.3 is 9.32 Å².